The Balaban J connectivity index is -0.0000000255. The Hall–Kier alpha value is 1.70. The molecule has 0 aromatic rings. The van der Waals surface area contributed by atoms with Crippen molar-refractivity contribution in [1.29, 1.82) is 5.26 Å². The quantitative estimate of drug-likeness (QED) is 0.184. The van der Waals surface area contributed by atoms with Crippen LogP contribution in [0.4, 0.5) is 21.8 Å². The standard InChI is InChI=1S/2C6H12N2.CBF2N.CF3.3CH4.2ClH.2K.H2O/c2*1-3-8-5-4-7(2)6-8;3-2(4)1-5;2-1(3)4;;;;;;;;/h2*4-5H,3,6H2,1-2H3;;;3*1H4;2*1H;;;1H2/q;;;-1;;;;;;2*+1;/p-2. The van der Waals surface area contributed by atoms with Crippen molar-refractivity contribution in [3.8, 4) is 5.97 Å². The van der Waals surface area contributed by atoms with E-state index in [9.17, 15) is 21.8 Å². The predicted octanol–water partition coefficient (Wildman–Crippen LogP) is -7.72. The molecule has 0 saturated carbocycles. The molecular weight excluding hydrogens is 545 g/mol. The zero-order valence-electron chi connectivity index (χ0n) is 18.1. The van der Waals surface area contributed by atoms with Crippen molar-refractivity contribution in [2.75, 3.05) is 40.5 Å². The van der Waals surface area contributed by atoms with Crippen LogP contribution in [0, 0.1) is 17.9 Å². The van der Waals surface area contributed by atoms with E-state index in [0.29, 0.717) is 5.97 Å². The van der Waals surface area contributed by atoms with Crippen LogP contribution in [0.1, 0.15) is 36.1 Å². The molecule has 33 heavy (non-hydrogen) atoms. The molecule has 6 nitrogen and oxygen atoms in total. The Morgan fingerprint density at radius 1 is 0.818 bits per heavy atom. The number of nitrogens with zero attached hydrogens (tertiary/aromatic N) is 5. The van der Waals surface area contributed by atoms with Crippen LogP contribution in [0.15, 0.2) is 24.8 Å². The van der Waals surface area contributed by atoms with Crippen LogP contribution in [0.3, 0.4) is 0 Å². The summed E-state index contributed by atoms with van der Waals surface area (Å²) < 4.78 is 49.6. The maximum Gasteiger partial charge on any atom is 1.00 e. The summed E-state index contributed by atoms with van der Waals surface area (Å²) in [6.07, 6.45) is 8.40. The Labute approximate surface area is 296 Å². The maximum absolute atomic E-state index is 10.4. The third-order valence-electron chi connectivity index (χ3n) is 2.78. The molecular formula is C17H38BCl2F5K2N5O-. The average molecular weight is 583 g/mol. The largest absolute Gasteiger partial charge is 1.00 e. The van der Waals surface area contributed by atoms with Crippen LogP contribution in [0.5, 0.6) is 0 Å². The summed E-state index contributed by atoms with van der Waals surface area (Å²) in [7, 11) is 1.34. The molecule has 0 radical (unpaired) electrons. The zero-order chi connectivity index (χ0) is 19.8. The molecule has 0 aliphatic carbocycles. The fourth-order valence-corrected chi connectivity index (χ4v) is 1.59. The SMILES string of the molecule is C.C.C.CCN1C=CN(C)C1.CCN1C=CN(C)C1.F[C-](F)F.N#CB(F)F.O.[Cl-].[Cl-].[K+].[K+]. The summed E-state index contributed by atoms with van der Waals surface area (Å²) in [4.78, 5) is 8.81. The van der Waals surface area contributed by atoms with E-state index in [4.69, 9.17) is 5.26 Å². The minimum Gasteiger partial charge on any atom is -1.00 e. The topological polar surface area (TPSA) is 68.2 Å². The molecule has 0 bridgehead atoms. The van der Waals surface area contributed by atoms with Gasteiger partial charge in [-0.3, -0.25) is 8.63 Å². The van der Waals surface area contributed by atoms with Gasteiger partial charge in [0, 0.05) is 52.0 Å². The van der Waals surface area contributed by atoms with Crippen LogP contribution >= 0.6 is 0 Å². The molecule has 2 rings (SSSR count). The number of nitriles is 1. The van der Waals surface area contributed by atoms with Crippen LogP contribution in [0.25, 0.3) is 0 Å². The van der Waals surface area contributed by atoms with E-state index >= 15 is 0 Å². The first-order chi connectivity index (χ1) is 11.7. The molecule has 0 aromatic carbocycles. The van der Waals surface area contributed by atoms with Crippen LogP contribution < -0.4 is 128 Å². The molecule has 2 heterocycles. The molecule has 0 saturated heterocycles. The summed E-state index contributed by atoms with van der Waals surface area (Å²) in [5.41, 5.74) is 0. The van der Waals surface area contributed by atoms with Crippen molar-refractivity contribution in [2.45, 2.75) is 36.1 Å². The Bertz CT molecular complexity index is 418. The fourth-order valence-electron chi connectivity index (χ4n) is 1.59. The van der Waals surface area contributed by atoms with Crippen LogP contribution in [-0.2, 0) is 0 Å². The third kappa shape index (κ3) is 51.3. The van der Waals surface area contributed by atoms with Crippen molar-refractivity contribution in [3.63, 3.8) is 0 Å². The summed E-state index contributed by atoms with van der Waals surface area (Å²) in [6, 6.07) is 0. The minimum absolute atomic E-state index is 0. The van der Waals surface area contributed by atoms with E-state index in [-0.39, 0.29) is 155 Å². The second kappa shape index (κ2) is 43.7. The number of hydrogen-bond acceptors (Lipinski definition) is 5. The first-order valence-electron chi connectivity index (χ1n) is 7.42. The Kier molecular flexibility index (Phi) is 85.6. The van der Waals surface area contributed by atoms with E-state index in [2.05, 4.69) is 72.3 Å². The molecule has 0 aromatic heterocycles. The third-order valence-corrected chi connectivity index (χ3v) is 2.78. The van der Waals surface area contributed by atoms with Crippen LogP contribution in [0.2, 0.25) is 0 Å². The normalized spacial score (nSPS) is 10.8. The predicted molar refractivity (Wildman–Crippen MR) is 112 cm³/mol. The van der Waals surface area contributed by atoms with Gasteiger partial charge in [-0.2, -0.15) is 0 Å². The number of halogens is 7. The van der Waals surface area contributed by atoms with Gasteiger partial charge in [-0.15, -0.1) is 0 Å². The van der Waals surface area contributed by atoms with Gasteiger partial charge in [0.2, 0.25) is 0 Å². The molecule has 2 N–H and O–H groups in total. The molecule has 0 fully saturated rings. The van der Waals surface area contributed by atoms with Gasteiger partial charge in [-0.25, -0.2) is 5.26 Å². The van der Waals surface area contributed by atoms with Gasteiger partial charge < -0.3 is 63.1 Å². The molecule has 0 spiro atoms. The van der Waals surface area contributed by atoms with Crippen LogP contribution in [-0.4, -0.2) is 72.9 Å². The first kappa shape index (κ1) is 64.6. The maximum atomic E-state index is 10.4. The van der Waals surface area contributed by atoms with Gasteiger partial charge in [-0.1, -0.05) is 22.3 Å². The summed E-state index contributed by atoms with van der Waals surface area (Å²) in [5.74, 6) is 0.694. The molecule has 0 atom stereocenters. The Morgan fingerprint density at radius 2 is 1.03 bits per heavy atom. The number of rotatable bonds is 2. The van der Waals surface area contributed by atoms with Crippen molar-refractivity contribution in [1.82, 2.24) is 19.6 Å². The van der Waals surface area contributed by atoms with Crippen molar-refractivity contribution >= 4 is 7.27 Å². The second-order valence-corrected chi connectivity index (χ2v) is 4.85. The van der Waals surface area contributed by atoms with E-state index in [1.165, 1.54) is 0 Å². The van der Waals surface area contributed by atoms with Crippen molar-refractivity contribution in [2.24, 2.45) is 0 Å². The van der Waals surface area contributed by atoms with Gasteiger partial charge in [0.25, 0.3) is 0 Å². The Morgan fingerprint density at radius 3 is 1.09 bits per heavy atom. The van der Waals surface area contributed by atoms with Crippen molar-refractivity contribution in [3.05, 3.63) is 31.5 Å². The van der Waals surface area contributed by atoms with E-state index in [0.717, 1.165) is 26.4 Å². The minimum atomic E-state index is -3.08. The fraction of sp³-hybridized carbons (Fsp3) is 0.647. The molecule has 0 unspecified atom stereocenters. The van der Waals surface area contributed by atoms with Crippen molar-refractivity contribution < 1.29 is 155 Å². The van der Waals surface area contributed by atoms with E-state index in [1.54, 1.807) is 0 Å². The van der Waals surface area contributed by atoms with E-state index < -0.39 is 13.9 Å². The van der Waals surface area contributed by atoms with Gasteiger partial charge in [0.05, 0.1) is 19.3 Å². The van der Waals surface area contributed by atoms with Gasteiger partial charge in [0.15, 0.2) is 6.68 Å². The smallest absolute Gasteiger partial charge is 1.00 e. The molecule has 2 aliphatic rings. The summed E-state index contributed by atoms with van der Waals surface area (Å²) >= 11 is 0. The molecule has 16 heteroatoms. The average Bonchev–Trinajstić information content (AvgIpc) is 3.16. The van der Waals surface area contributed by atoms with Gasteiger partial charge in [-0.05, 0) is 13.8 Å². The second-order valence-electron chi connectivity index (χ2n) is 4.85. The number of hydrogen-bond donors (Lipinski definition) is 0. The summed E-state index contributed by atoms with van der Waals surface area (Å²) in [5, 5.41) is 7.14. The summed E-state index contributed by atoms with van der Waals surface area (Å²) in [6.45, 7) is 5.56. The monoisotopic (exact) mass is 582 g/mol. The van der Waals surface area contributed by atoms with Gasteiger partial charge >= 0.3 is 110 Å². The molecule has 192 valence electrons. The zero-order valence-corrected chi connectivity index (χ0v) is 25.9. The first-order valence-corrected chi connectivity index (χ1v) is 7.42. The molecule has 2 aliphatic heterocycles. The molecule has 0 amide bonds. The van der Waals surface area contributed by atoms with E-state index in [1.807, 2.05) is 0 Å². The van der Waals surface area contributed by atoms with Gasteiger partial charge in [0.1, 0.15) is 0 Å².